The Morgan fingerprint density at radius 3 is 1.35 bits per heavy atom. The van der Waals surface area contributed by atoms with Crippen LogP contribution in [0.4, 0.5) is 0 Å². The maximum atomic E-state index is 14.5. The van der Waals surface area contributed by atoms with Gasteiger partial charge in [0.1, 0.15) is 0 Å². The van der Waals surface area contributed by atoms with E-state index in [0.29, 0.717) is 25.7 Å². The number of ether oxygens (including phenoxy) is 4. The normalized spacial score (nSPS) is 34.6. The minimum absolute atomic E-state index is 0.0186. The molecule has 2 aliphatic carbocycles. The summed E-state index contributed by atoms with van der Waals surface area (Å²) in [5.74, 6) is -1.42. The summed E-state index contributed by atoms with van der Waals surface area (Å²) in [5, 5.41) is 0. The topological polar surface area (TPSA) is 88.1 Å². The van der Waals surface area contributed by atoms with Gasteiger partial charge in [-0.1, -0.05) is 20.3 Å². The first kappa shape index (κ1) is 26.7. The molecule has 0 amide bonds. The highest BCUT2D eigenvalue weighted by molar-refractivity contribution is 7.94. The summed E-state index contributed by atoms with van der Waals surface area (Å²) in [7, 11) is 2.34. The molecule has 0 N–H and O–H groups in total. The van der Waals surface area contributed by atoms with Crippen molar-refractivity contribution in [1.82, 2.24) is 0 Å². The van der Waals surface area contributed by atoms with Crippen LogP contribution in [0.2, 0.25) is 0 Å². The summed E-state index contributed by atoms with van der Waals surface area (Å²) < 4.78 is 36.9. The van der Waals surface area contributed by atoms with E-state index in [1.807, 2.05) is 13.8 Å². The van der Waals surface area contributed by atoms with Crippen molar-refractivity contribution in [1.29, 1.82) is 0 Å². The van der Waals surface area contributed by atoms with Crippen LogP contribution in [-0.2, 0) is 33.1 Å². The van der Waals surface area contributed by atoms with Gasteiger partial charge in [-0.05, 0) is 44.4 Å². The van der Waals surface area contributed by atoms with Crippen LogP contribution in [0.15, 0.2) is 0 Å². The highest BCUT2D eigenvalue weighted by Gasteiger charge is 2.54. The maximum absolute atomic E-state index is 14.5. The van der Waals surface area contributed by atoms with Crippen LogP contribution in [0.1, 0.15) is 58.8 Å². The van der Waals surface area contributed by atoms with Crippen LogP contribution in [0, 0.1) is 17.8 Å². The van der Waals surface area contributed by atoms with Gasteiger partial charge in [0, 0.05) is 34.6 Å². The molecular formula is C23H41O7P. The smallest absolute Gasteiger partial charge is 0.212 e. The van der Waals surface area contributed by atoms with E-state index in [4.69, 9.17) is 18.9 Å². The molecule has 180 valence electrons. The zero-order chi connectivity index (χ0) is 23.2. The van der Waals surface area contributed by atoms with Crippen molar-refractivity contribution in [3.8, 4) is 0 Å². The molecule has 2 fully saturated rings. The Balaban J connectivity index is 2.50. The predicted molar refractivity (Wildman–Crippen MR) is 120 cm³/mol. The third kappa shape index (κ3) is 5.67. The molecule has 0 aromatic carbocycles. The Labute approximate surface area is 187 Å². The van der Waals surface area contributed by atoms with Crippen molar-refractivity contribution < 1.29 is 33.1 Å². The molecule has 8 heteroatoms. The van der Waals surface area contributed by atoms with Gasteiger partial charge in [-0.3, -0.25) is 9.59 Å². The fraction of sp³-hybridized carbons (Fsp3) is 0.913. The molecule has 31 heavy (non-hydrogen) atoms. The van der Waals surface area contributed by atoms with Crippen molar-refractivity contribution in [3.63, 3.8) is 0 Å². The molecular weight excluding hydrogens is 419 g/mol. The summed E-state index contributed by atoms with van der Waals surface area (Å²) in [6, 6.07) is 0. The van der Waals surface area contributed by atoms with Gasteiger partial charge in [0.2, 0.25) is 18.2 Å². The average Bonchev–Trinajstić information content (AvgIpc) is 2.81. The first-order chi connectivity index (χ1) is 14.8. The molecule has 0 spiro atoms. The van der Waals surface area contributed by atoms with Crippen LogP contribution >= 0.6 is 7.14 Å². The lowest BCUT2D eigenvalue weighted by Gasteiger charge is -2.40. The van der Waals surface area contributed by atoms with Gasteiger partial charge < -0.3 is 23.5 Å². The molecule has 0 aromatic heterocycles. The molecule has 0 heterocycles. The third-order valence-corrected chi connectivity index (χ3v) is 10.5. The minimum Gasteiger partial charge on any atom is -0.381 e. The van der Waals surface area contributed by atoms with E-state index in [0.717, 1.165) is 19.3 Å². The Hall–Kier alpha value is -0.590. The van der Waals surface area contributed by atoms with E-state index in [2.05, 4.69) is 0 Å². The quantitative estimate of drug-likeness (QED) is 0.429. The lowest BCUT2D eigenvalue weighted by Crippen LogP contribution is -2.47. The molecule has 0 aliphatic heterocycles. The average molecular weight is 461 g/mol. The molecule has 0 radical (unpaired) electrons. The van der Waals surface area contributed by atoms with Gasteiger partial charge in [0.25, 0.3) is 0 Å². The molecule has 0 bridgehead atoms. The second kappa shape index (κ2) is 12.0. The first-order valence-electron chi connectivity index (χ1n) is 11.6. The van der Waals surface area contributed by atoms with Crippen molar-refractivity contribution in [2.24, 2.45) is 17.8 Å². The van der Waals surface area contributed by atoms with Gasteiger partial charge in [-0.15, -0.1) is 0 Å². The zero-order valence-electron chi connectivity index (χ0n) is 20.0. The Morgan fingerprint density at radius 2 is 1.10 bits per heavy atom. The van der Waals surface area contributed by atoms with E-state index in [1.54, 1.807) is 28.4 Å². The van der Waals surface area contributed by atoms with E-state index in [1.165, 1.54) is 0 Å². The van der Waals surface area contributed by atoms with Gasteiger partial charge in [-0.2, -0.15) is 0 Å². The SMILES string of the molecule is CCC(C)CP(=O)(C(=O)C1C(OC)CCCC1OC)C(=O)C1C(OC)CCCC1OC. The number of carbonyl (C=O) groups excluding carboxylic acids is 2. The van der Waals surface area contributed by atoms with Gasteiger partial charge >= 0.3 is 0 Å². The number of methoxy groups -OCH3 is 4. The standard InChI is InChI=1S/C23H41O7P/c1-7-15(2)14-31(26,22(24)20-16(27-3)10-8-11-17(20)28-4)23(25)21-18(29-5)12-9-13-19(21)30-6/h15-21H,7-14H2,1-6H3. The van der Waals surface area contributed by atoms with E-state index >= 15 is 0 Å². The second-order valence-electron chi connectivity index (χ2n) is 9.12. The summed E-state index contributed by atoms with van der Waals surface area (Å²) in [4.78, 5) is 27.9. The van der Waals surface area contributed by atoms with Crippen LogP contribution in [0.25, 0.3) is 0 Å². The van der Waals surface area contributed by atoms with Crippen LogP contribution in [-0.4, -0.2) is 70.1 Å². The minimum atomic E-state index is -3.91. The van der Waals surface area contributed by atoms with Crippen molar-refractivity contribution in [2.45, 2.75) is 83.2 Å². The van der Waals surface area contributed by atoms with Crippen LogP contribution in [0.3, 0.4) is 0 Å². The van der Waals surface area contributed by atoms with E-state index < -0.39 is 54.4 Å². The Bertz CT molecular complexity index is 582. The highest BCUT2D eigenvalue weighted by Crippen LogP contribution is 2.57. The number of carbonyl (C=O) groups is 2. The Morgan fingerprint density at radius 1 is 0.774 bits per heavy atom. The van der Waals surface area contributed by atoms with Crippen molar-refractivity contribution in [2.75, 3.05) is 34.6 Å². The molecule has 2 aliphatic rings. The molecule has 2 rings (SSSR count). The zero-order valence-corrected chi connectivity index (χ0v) is 20.9. The lowest BCUT2D eigenvalue weighted by molar-refractivity contribution is -0.134. The molecule has 7 nitrogen and oxygen atoms in total. The molecule has 0 aromatic rings. The van der Waals surface area contributed by atoms with Gasteiger partial charge in [0.15, 0.2) is 0 Å². The number of hydrogen-bond donors (Lipinski definition) is 0. The van der Waals surface area contributed by atoms with Crippen LogP contribution in [0.5, 0.6) is 0 Å². The predicted octanol–water partition coefficient (Wildman–Crippen LogP) is 4.11. The molecule has 0 saturated heterocycles. The van der Waals surface area contributed by atoms with Gasteiger partial charge in [-0.25, -0.2) is 0 Å². The summed E-state index contributed by atoms with van der Waals surface area (Å²) in [5.41, 5.74) is -0.960. The van der Waals surface area contributed by atoms with Crippen molar-refractivity contribution >= 4 is 18.2 Å². The van der Waals surface area contributed by atoms with Crippen molar-refractivity contribution in [3.05, 3.63) is 0 Å². The first-order valence-corrected chi connectivity index (χ1v) is 13.5. The summed E-state index contributed by atoms with van der Waals surface area (Å²) >= 11 is 0. The molecule has 5 atom stereocenters. The Kier molecular flexibility index (Phi) is 10.4. The molecule has 5 unspecified atom stereocenters. The largest absolute Gasteiger partial charge is 0.381 e. The lowest BCUT2D eigenvalue weighted by atomic mass is 9.84. The number of rotatable bonds is 11. The third-order valence-electron chi connectivity index (χ3n) is 7.32. The van der Waals surface area contributed by atoms with E-state index in [-0.39, 0.29) is 12.1 Å². The van der Waals surface area contributed by atoms with Crippen LogP contribution < -0.4 is 0 Å². The maximum Gasteiger partial charge on any atom is 0.212 e. The summed E-state index contributed by atoms with van der Waals surface area (Å²) in [6.45, 7) is 3.93. The fourth-order valence-electron chi connectivity index (χ4n) is 5.27. The highest BCUT2D eigenvalue weighted by atomic mass is 31.2. The summed E-state index contributed by atoms with van der Waals surface area (Å²) in [6.07, 6.45) is 3.72. The van der Waals surface area contributed by atoms with E-state index in [9.17, 15) is 14.2 Å². The monoisotopic (exact) mass is 460 g/mol. The fourth-order valence-corrected chi connectivity index (χ4v) is 8.61. The van der Waals surface area contributed by atoms with Gasteiger partial charge in [0.05, 0.1) is 36.3 Å². The number of hydrogen-bond acceptors (Lipinski definition) is 7. The second-order valence-corrected chi connectivity index (χ2v) is 11.8. The molecule has 2 saturated carbocycles.